The Morgan fingerprint density at radius 1 is 1.12 bits per heavy atom. The fourth-order valence-corrected chi connectivity index (χ4v) is 3.45. The number of hydrogen-bond donors (Lipinski definition) is 3. The van der Waals surface area contributed by atoms with Gasteiger partial charge in [-0.15, -0.1) is 0 Å². The smallest absolute Gasteiger partial charge is 0.253 e. The van der Waals surface area contributed by atoms with Gasteiger partial charge in [0.05, 0.1) is 12.2 Å². The van der Waals surface area contributed by atoms with Crippen molar-refractivity contribution in [3.63, 3.8) is 0 Å². The second kappa shape index (κ2) is 10.6. The number of carbonyl (C=O) groups is 1. The summed E-state index contributed by atoms with van der Waals surface area (Å²) in [4.78, 5) is 21.0. The zero-order valence-electron chi connectivity index (χ0n) is 18.0. The predicted molar refractivity (Wildman–Crippen MR) is 123 cm³/mol. The largest absolute Gasteiger partial charge is 0.444 e. The lowest BCUT2D eigenvalue weighted by Crippen LogP contribution is -2.36. The molecule has 0 bridgehead atoms. The van der Waals surface area contributed by atoms with Gasteiger partial charge in [-0.3, -0.25) is 9.79 Å². The minimum Gasteiger partial charge on any atom is -0.444 e. The lowest BCUT2D eigenvalue weighted by atomic mass is 10.2. The SMILES string of the molecule is CN=C(NCc1cccc(NC(=O)C2CCCO2)c1)NCc1coc(-c2ccccc2)n1. The summed E-state index contributed by atoms with van der Waals surface area (Å²) < 4.78 is 11.0. The van der Waals surface area contributed by atoms with Gasteiger partial charge in [0.25, 0.3) is 5.91 Å². The van der Waals surface area contributed by atoms with Crippen LogP contribution in [0.3, 0.4) is 0 Å². The molecule has 1 saturated heterocycles. The Balaban J connectivity index is 1.27. The van der Waals surface area contributed by atoms with Crippen molar-refractivity contribution >= 4 is 17.6 Å². The van der Waals surface area contributed by atoms with E-state index in [0.717, 1.165) is 35.3 Å². The van der Waals surface area contributed by atoms with Crippen LogP contribution in [0, 0.1) is 0 Å². The molecule has 3 N–H and O–H groups in total. The van der Waals surface area contributed by atoms with Crippen molar-refractivity contribution in [2.75, 3.05) is 19.0 Å². The van der Waals surface area contributed by atoms with Crippen molar-refractivity contribution in [1.29, 1.82) is 0 Å². The Hall–Kier alpha value is -3.65. The molecule has 3 aromatic rings. The maximum Gasteiger partial charge on any atom is 0.253 e. The number of nitrogens with zero attached hydrogens (tertiary/aromatic N) is 2. The molecule has 0 aliphatic carbocycles. The lowest BCUT2D eigenvalue weighted by molar-refractivity contribution is -0.124. The molecule has 8 nitrogen and oxygen atoms in total. The average Bonchev–Trinajstić information content (AvgIpc) is 3.53. The van der Waals surface area contributed by atoms with E-state index in [1.54, 1.807) is 13.3 Å². The van der Waals surface area contributed by atoms with Gasteiger partial charge in [0, 0.05) is 31.5 Å². The van der Waals surface area contributed by atoms with Crippen LogP contribution in [0.25, 0.3) is 11.5 Å². The summed E-state index contributed by atoms with van der Waals surface area (Å²) in [6.07, 6.45) is 2.99. The van der Waals surface area contributed by atoms with Gasteiger partial charge >= 0.3 is 0 Å². The van der Waals surface area contributed by atoms with E-state index in [1.807, 2.05) is 54.6 Å². The Bertz CT molecular complexity index is 1060. The van der Waals surface area contributed by atoms with Crippen LogP contribution in [0.2, 0.25) is 0 Å². The highest BCUT2D eigenvalue weighted by Crippen LogP contribution is 2.18. The Morgan fingerprint density at radius 2 is 1.97 bits per heavy atom. The van der Waals surface area contributed by atoms with E-state index in [4.69, 9.17) is 9.15 Å². The van der Waals surface area contributed by atoms with Gasteiger partial charge in [0.1, 0.15) is 12.4 Å². The number of oxazole rings is 1. The molecule has 1 fully saturated rings. The number of amides is 1. The van der Waals surface area contributed by atoms with Crippen molar-refractivity contribution in [1.82, 2.24) is 15.6 Å². The molecule has 1 aromatic heterocycles. The van der Waals surface area contributed by atoms with E-state index in [2.05, 4.69) is 25.9 Å². The maximum absolute atomic E-state index is 12.3. The molecule has 0 spiro atoms. The van der Waals surface area contributed by atoms with Crippen molar-refractivity contribution in [2.24, 2.45) is 4.99 Å². The van der Waals surface area contributed by atoms with Crippen LogP contribution in [0.15, 0.2) is 70.3 Å². The second-order valence-electron chi connectivity index (χ2n) is 7.48. The molecule has 0 radical (unpaired) electrons. The topological polar surface area (TPSA) is 101 Å². The van der Waals surface area contributed by atoms with Crippen molar-refractivity contribution in [3.8, 4) is 11.5 Å². The summed E-state index contributed by atoms with van der Waals surface area (Å²) in [5, 5.41) is 9.44. The quantitative estimate of drug-likeness (QED) is 0.390. The number of hydrogen-bond acceptors (Lipinski definition) is 5. The summed E-state index contributed by atoms with van der Waals surface area (Å²) in [5.41, 5.74) is 3.49. The van der Waals surface area contributed by atoms with Crippen LogP contribution in [0.1, 0.15) is 24.1 Å². The molecule has 0 saturated carbocycles. The molecule has 8 heteroatoms. The standard InChI is InChI=1S/C24H27N5O3/c1-25-24(27-15-20-16-32-23(29-20)18-8-3-2-4-9-18)26-14-17-7-5-10-19(13-17)28-22(30)21-11-6-12-31-21/h2-5,7-10,13,16,21H,6,11-12,14-15H2,1H3,(H,28,30)(H2,25,26,27). The van der Waals surface area contributed by atoms with E-state index >= 15 is 0 Å². The number of anilines is 1. The predicted octanol–water partition coefficient (Wildman–Crippen LogP) is 3.32. The van der Waals surface area contributed by atoms with E-state index in [0.29, 0.717) is 31.5 Å². The molecular formula is C24H27N5O3. The summed E-state index contributed by atoms with van der Waals surface area (Å²) >= 11 is 0. The normalized spacial score (nSPS) is 16.0. The summed E-state index contributed by atoms with van der Waals surface area (Å²) in [7, 11) is 1.71. The third-order valence-corrected chi connectivity index (χ3v) is 5.11. The number of aromatic nitrogens is 1. The number of aliphatic imine (C=N–C) groups is 1. The molecule has 1 atom stereocenters. The van der Waals surface area contributed by atoms with E-state index < -0.39 is 0 Å². The molecule has 1 aliphatic rings. The third kappa shape index (κ3) is 5.73. The molecule has 2 heterocycles. The van der Waals surface area contributed by atoms with Crippen LogP contribution < -0.4 is 16.0 Å². The number of benzene rings is 2. The highest BCUT2D eigenvalue weighted by molar-refractivity contribution is 5.94. The monoisotopic (exact) mass is 433 g/mol. The van der Waals surface area contributed by atoms with E-state index in [1.165, 1.54) is 0 Å². The molecule has 1 aliphatic heterocycles. The van der Waals surface area contributed by atoms with E-state index in [-0.39, 0.29) is 12.0 Å². The first-order valence-corrected chi connectivity index (χ1v) is 10.7. The van der Waals surface area contributed by atoms with Gasteiger partial charge in [0.15, 0.2) is 5.96 Å². The van der Waals surface area contributed by atoms with Crippen molar-refractivity contribution < 1.29 is 13.9 Å². The highest BCUT2D eigenvalue weighted by atomic mass is 16.5. The van der Waals surface area contributed by atoms with Crippen LogP contribution in [0.5, 0.6) is 0 Å². The Morgan fingerprint density at radius 3 is 2.75 bits per heavy atom. The number of carbonyl (C=O) groups excluding carboxylic acids is 1. The van der Waals surface area contributed by atoms with Gasteiger partial charge in [-0.1, -0.05) is 30.3 Å². The first-order chi connectivity index (χ1) is 15.7. The fraction of sp³-hybridized carbons (Fsp3) is 0.292. The minimum atomic E-state index is -0.348. The van der Waals surface area contributed by atoms with Gasteiger partial charge in [-0.2, -0.15) is 0 Å². The molecule has 166 valence electrons. The van der Waals surface area contributed by atoms with Gasteiger partial charge in [-0.05, 0) is 42.7 Å². The highest BCUT2D eigenvalue weighted by Gasteiger charge is 2.23. The number of ether oxygens (including phenoxy) is 1. The molecule has 2 aromatic carbocycles. The van der Waals surface area contributed by atoms with Crippen molar-refractivity contribution in [2.45, 2.75) is 32.0 Å². The average molecular weight is 434 g/mol. The van der Waals surface area contributed by atoms with Crippen LogP contribution in [-0.2, 0) is 22.6 Å². The number of guanidine groups is 1. The molecule has 32 heavy (non-hydrogen) atoms. The second-order valence-corrected chi connectivity index (χ2v) is 7.48. The summed E-state index contributed by atoms with van der Waals surface area (Å²) in [6.45, 7) is 1.68. The zero-order valence-corrected chi connectivity index (χ0v) is 18.0. The molecule has 1 unspecified atom stereocenters. The zero-order chi connectivity index (χ0) is 22.2. The first-order valence-electron chi connectivity index (χ1n) is 10.7. The van der Waals surface area contributed by atoms with Crippen LogP contribution in [-0.4, -0.2) is 36.6 Å². The molecule has 1 amide bonds. The lowest BCUT2D eigenvalue weighted by Gasteiger charge is -2.13. The van der Waals surface area contributed by atoms with Crippen molar-refractivity contribution in [3.05, 3.63) is 72.1 Å². The Kier molecular flexibility index (Phi) is 7.14. The fourth-order valence-electron chi connectivity index (χ4n) is 3.45. The van der Waals surface area contributed by atoms with Gasteiger partial charge in [-0.25, -0.2) is 4.98 Å². The first kappa shape index (κ1) is 21.6. The molecular weight excluding hydrogens is 406 g/mol. The Labute approximate surface area is 187 Å². The minimum absolute atomic E-state index is 0.0902. The summed E-state index contributed by atoms with van der Waals surface area (Å²) in [5.74, 6) is 1.14. The summed E-state index contributed by atoms with van der Waals surface area (Å²) in [6, 6.07) is 17.5. The van der Waals surface area contributed by atoms with Gasteiger partial charge in [0.2, 0.25) is 5.89 Å². The third-order valence-electron chi connectivity index (χ3n) is 5.11. The van der Waals surface area contributed by atoms with Gasteiger partial charge < -0.3 is 25.1 Å². The molecule has 4 rings (SSSR count). The van der Waals surface area contributed by atoms with Crippen LogP contribution in [0.4, 0.5) is 5.69 Å². The number of rotatable bonds is 7. The van der Waals surface area contributed by atoms with Crippen LogP contribution >= 0.6 is 0 Å². The maximum atomic E-state index is 12.3. The number of nitrogens with one attached hydrogen (secondary N) is 3. The van der Waals surface area contributed by atoms with E-state index in [9.17, 15) is 4.79 Å².